The van der Waals surface area contributed by atoms with Gasteiger partial charge in [0.25, 0.3) is 23.6 Å². The molecule has 0 radical (unpaired) electrons. The van der Waals surface area contributed by atoms with E-state index in [4.69, 9.17) is 0 Å². The maximum atomic E-state index is 13.6. The molecule has 0 aromatic heterocycles. The Labute approximate surface area is 317 Å². The van der Waals surface area contributed by atoms with Gasteiger partial charge < -0.3 is 10.6 Å². The predicted molar refractivity (Wildman–Crippen MR) is 212 cm³/mol. The molecule has 0 unspecified atom stereocenters. The lowest BCUT2D eigenvalue weighted by Gasteiger charge is -2.14. The number of ketones is 2. The lowest BCUT2D eigenvalue weighted by Crippen LogP contribution is -2.29. The molecule has 6 aromatic carbocycles. The second kappa shape index (κ2) is 14.6. The summed E-state index contributed by atoms with van der Waals surface area (Å²) in [5, 5.41) is 5.59. The molecule has 0 spiro atoms. The van der Waals surface area contributed by atoms with Crippen LogP contribution in [0.25, 0.3) is 0 Å². The normalized spacial score (nSPS) is 12.0. The van der Waals surface area contributed by atoms with Gasteiger partial charge in [0.05, 0.1) is 16.8 Å². The lowest BCUT2D eigenvalue weighted by atomic mass is 9.99. The number of amides is 4. The summed E-state index contributed by atoms with van der Waals surface area (Å²) in [7, 11) is 0. The summed E-state index contributed by atoms with van der Waals surface area (Å²) in [4.78, 5) is 80.7. The van der Waals surface area contributed by atoms with Gasteiger partial charge in [0, 0.05) is 44.8 Å². The molecular formula is C46H35N3O6. The van der Waals surface area contributed by atoms with Crippen molar-refractivity contribution in [1.82, 2.24) is 0 Å². The van der Waals surface area contributed by atoms with Crippen LogP contribution in [0.1, 0.15) is 95.5 Å². The highest BCUT2D eigenvalue weighted by Crippen LogP contribution is 2.30. The number of aryl methyl sites for hydroxylation is 4. The van der Waals surface area contributed by atoms with Gasteiger partial charge in [-0.05, 0) is 129 Å². The predicted octanol–water partition coefficient (Wildman–Crippen LogP) is 8.69. The third-order valence-corrected chi connectivity index (χ3v) is 9.84. The van der Waals surface area contributed by atoms with Crippen LogP contribution in [0.15, 0.2) is 127 Å². The highest BCUT2D eigenvalue weighted by molar-refractivity contribution is 6.35. The van der Waals surface area contributed by atoms with E-state index in [1.807, 2.05) is 52.0 Å². The van der Waals surface area contributed by atoms with Gasteiger partial charge in [-0.25, -0.2) is 4.90 Å². The van der Waals surface area contributed by atoms with E-state index in [1.54, 1.807) is 60.7 Å². The first-order valence-corrected chi connectivity index (χ1v) is 17.6. The fourth-order valence-corrected chi connectivity index (χ4v) is 6.36. The number of anilines is 3. The van der Waals surface area contributed by atoms with Crippen molar-refractivity contribution >= 4 is 52.3 Å². The molecule has 1 aliphatic heterocycles. The Morgan fingerprint density at radius 1 is 0.418 bits per heavy atom. The largest absolute Gasteiger partial charge is 0.322 e. The summed E-state index contributed by atoms with van der Waals surface area (Å²) in [6, 6.07) is 34.6. The van der Waals surface area contributed by atoms with Crippen LogP contribution in [-0.4, -0.2) is 35.2 Å². The Hall–Kier alpha value is -7.26. The quantitative estimate of drug-likeness (QED) is 0.113. The highest BCUT2D eigenvalue weighted by Gasteiger charge is 2.37. The Morgan fingerprint density at radius 2 is 0.855 bits per heavy atom. The first kappa shape index (κ1) is 36.1. The first-order chi connectivity index (χ1) is 26.4. The molecule has 0 saturated heterocycles. The van der Waals surface area contributed by atoms with E-state index in [1.165, 1.54) is 42.5 Å². The van der Waals surface area contributed by atoms with E-state index in [0.29, 0.717) is 33.6 Å². The molecule has 0 saturated carbocycles. The number of benzene rings is 6. The molecule has 0 aliphatic carbocycles. The molecular weight excluding hydrogens is 691 g/mol. The van der Waals surface area contributed by atoms with Crippen molar-refractivity contribution in [2.24, 2.45) is 0 Å². The van der Waals surface area contributed by atoms with Crippen molar-refractivity contribution in [3.05, 3.63) is 194 Å². The van der Waals surface area contributed by atoms with Gasteiger partial charge in [-0.15, -0.1) is 0 Å². The zero-order chi connectivity index (χ0) is 39.0. The number of nitrogens with zero attached hydrogens (tertiary/aromatic N) is 1. The molecule has 6 aromatic rings. The van der Waals surface area contributed by atoms with Crippen LogP contribution in [0.4, 0.5) is 17.1 Å². The number of carbonyl (C=O) groups excluding carboxylic acids is 6. The SMILES string of the molecule is Cc1ccc(C(=O)c2cccc(NC(=O)c3ccc(N4C(=O)c5ccc(C(=O)Nc6cccc(C(=O)c7ccc(C)c(C)c7)c6)cc5C4=O)cc3)c2)cc1C. The van der Waals surface area contributed by atoms with Gasteiger partial charge in [-0.3, -0.25) is 28.8 Å². The van der Waals surface area contributed by atoms with E-state index in [0.717, 1.165) is 27.2 Å². The summed E-state index contributed by atoms with van der Waals surface area (Å²) >= 11 is 0. The lowest BCUT2D eigenvalue weighted by molar-refractivity contribution is 0.0923. The smallest absolute Gasteiger partial charge is 0.266 e. The van der Waals surface area contributed by atoms with Crippen molar-refractivity contribution in [3.8, 4) is 0 Å². The van der Waals surface area contributed by atoms with Crippen LogP contribution in [-0.2, 0) is 0 Å². The summed E-state index contributed by atoms with van der Waals surface area (Å²) in [5.74, 6) is -2.48. The van der Waals surface area contributed by atoms with Crippen LogP contribution >= 0.6 is 0 Å². The van der Waals surface area contributed by atoms with Gasteiger partial charge in [0.1, 0.15) is 0 Å². The number of fused-ring (bicyclic) bond motifs is 1. The summed E-state index contributed by atoms with van der Waals surface area (Å²) in [5.41, 5.74) is 7.81. The second-order valence-electron chi connectivity index (χ2n) is 13.6. The van der Waals surface area contributed by atoms with Crippen LogP contribution in [0.2, 0.25) is 0 Å². The Bertz CT molecular complexity index is 2610. The maximum absolute atomic E-state index is 13.6. The van der Waals surface area contributed by atoms with Gasteiger partial charge in [-0.2, -0.15) is 0 Å². The molecule has 1 heterocycles. The van der Waals surface area contributed by atoms with Gasteiger partial charge >= 0.3 is 0 Å². The Kier molecular flexibility index (Phi) is 9.61. The maximum Gasteiger partial charge on any atom is 0.266 e. The number of carbonyl (C=O) groups is 6. The summed E-state index contributed by atoms with van der Waals surface area (Å²) in [6.07, 6.45) is 0. The standard InChI is InChI=1S/C46H35N3O6/c1-26-11-13-33(21-28(26)3)41(50)31-7-5-9-36(23-31)47-43(52)30-15-18-38(19-16-30)49-45(54)39-20-17-35(25-40(39)46(49)55)44(53)48-37-10-6-8-32(24-37)42(51)34-14-12-27(2)29(4)22-34/h5-25H,1-4H3,(H,47,52)(H,48,53). The molecule has 1 aliphatic rings. The van der Waals surface area contributed by atoms with Crippen molar-refractivity contribution in [3.63, 3.8) is 0 Å². The van der Waals surface area contributed by atoms with Crippen LogP contribution in [0.5, 0.6) is 0 Å². The minimum absolute atomic E-state index is 0.0633. The third kappa shape index (κ3) is 7.23. The topological polar surface area (TPSA) is 130 Å². The summed E-state index contributed by atoms with van der Waals surface area (Å²) in [6.45, 7) is 7.84. The van der Waals surface area contributed by atoms with Crippen molar-refractivity contribution in [2.45, 2.75) is 27.7 Å². The average Bonchev–Trinajstić information content (AvgIpc) is 3.44. The molecule has 0 bridgehead atoms. The summed E-state index contributed by atoms with van der Waals surface area (Å²) < 4.78 is 0. The van der Waals surface area contributed by atoms with E-state index >= 15 is 0 Å². The number of imide groups is 1. The minimum atomic E-state index is -0.613. The second-order valence-corrected chi connectivity index (χ2v) is 13.6. The zero-order valence-corrected chi connectivity index (χ0v) is 30.5. The molecule has 0 fully saturated rings. The number of hydrogen-bond acceptors (Lipinski definition) is 6. The van der Waals surface area contributed by atoms with Gasteiger partial charge in [-0.1, -0.05) is 48.5 Å². The van der Waals surface area contributed by atoms with E-state index in [-0.39, 0.29) is 39.5 Å². The first-order valence-electron chi connectivity index (χ1n) is 17.6. The van der Waals surface area contributed by atoms with Gasteiger partial charge in [0.2, 0.25) is 0 Å². The minimum Gasteiger partial charge on any atom is -0.322 e. The van der Waals surface area contributed by atoms with Crippen molar-refractivity contribution in [1.29, 1.82) is 0 Å². The Morgan fingerprint density at radius 3 is 1.36 bits per heavy atom. The highest BCUT2D eigenvalue weighted by atomic mass is 16.2. The molecule has 9 heteroatoms. The van der Waals surface area contributed by atoms with E-state index in [2.05, 4.69) is 10.6 Å². The molecule has 55 heavy (non-hydrogen) atoms. The third-order valence-electron chi connectivity index (χ3n) is 9.84. The van der Waals surface area contributed by atoms with Crippen LogP contribution in [0.3, 0.4) is 0 Å². The molecule has 270 valence electrons. The molecule has 9 nitrogen and oxygen atoms in total. The molecule has 7 rings (SSSR count). The fraction of sp³-hybridized carbons (Fsp3) is 0.0870. The van der Waals surface area contributed by atoms with Crippen LogP contribution in [0, 0.1) is 27.7 Å². The average molecular weight is 726 g/mol. The van der Waals surface area contributed by atoms with Crippen molar-refractivity contribution in [2.75, 3.05) is 15.5 Å². The fourth-order valence-electron chi connectivity index (χ4n) is 6.36. The zero-order valence-electron chi connectivity index (χ0n) is 30.5. The monoisotopic (exact) mass is 725 g/mol. The molecule has 4 amide bonds. The molecule has 2 N–H and O–H groups in total. The molecule has 0 atom stereocenters. The number of nitrogens with one attached hydrogen (secondary N) is 2. The van der Waals surface area contributed by atoms with E-state index < -0.39 is 23.6 Å². The number of rotatable bonds is 9. The van der Waals surface area contributed by atoms with Crippen molar-refractivity contribution < 1.29 is 28.8 Å². The van der Waals surface area contributed by atoms with Gasteiger partial charge in [0.15, 0.2) is 11.6 Å². The van der Waals surface area contributed by atoms with Crippen LogP contribution < -0.4 is 15.5 Å². The van der Waals surface area contributed by atoms with E-state index in [9.17, 15) is 28.8 Å². The number of hydrogen-bond donors (Lipinski definition) is 2. The Balaban J connectivity index is 1.02.